The molecule has 0 aliphatic rings. The van der Waals surface area contributed by atoms with Gasteiger partial charge in [0.1, 0.15) is 22.2 Å². The number of furan rings is 1. The summed E-state index contributed by atoms with van der Waals surface area (Å²) in [5.41, 5.74) is 1.37. The maximum atomic E-state index is 12.1. The number of carbonyl (C=O) groups is 1. The molecule has 0 aliphatic carbocycles. The number of hydrogen-bond acceptors (Lipinski definition) is 5. The van der Waals surface area contributed by atoms with Gasteiger partial charge in [0.25, 0.3) is 5.91 Å². The summed E-state index contributed by atoms with van der Waals surface area (Å²) in [6.07, 6.45) is 1.58. The van der Waals surface area contributed by atoms with E-state index >= 15 is 0 Å². The van der Waals surface area contributed by atoms with Gasteiger partial charge < -0.3 is 14.5 Å². The molecule has 1 aromatic carbocycles. The zero-order chi connectivity index (χ0) is 16.1. The Balaban J connectivity index is 1.66. The van der Waals surface area contributed by atoms with Gasteiger partial charge in [0.15, 0.2) is 0 Å². The summed E-state index contributed by atoms with van der Waals surface area (Å²) in [7, 11) is 0. The second kappa shape index (κ2) is 7.11. The van der Waals surface area contributed by atoms with Crippen LogP contribution in [0.4, 0.5) is 0 Å². The smallest absolute Gasteiger partial charge is 0.271 e. The lowest BCUT2D eigenvalue weighted by Gasteiger charge is -2.03. The summed E-state index contributed by atoms with van der Waals surface area (Å²) >= 11 is 1.44. The second-order valence-electron chi connectivity index (χ2n) is 4.76. The van der Waals surface area contributed by atoms with Crippen LogP contribution in [0.2, 0.25) is 0 Å². The molecule has 1 N–H and O–H groups in total. The number of nitrogens with zero attached hydrogens (tertiary/aromatic N) is 1. The molecule has 3 rings (SSSR count). The molecule has 0 unspecified atom stereocenters. The van der Waals surface area contributed by atoms with Crippen LogP contribution in [-0.4, -0.2) is 17.5 Å². The van der Waals surface area contributed by atoms with Crippen LogP contribution >= 0.6 is 11.3 Å². The molecule has 118 valence electrons. The second-order valence-corrected chi connectivity index (χ2v) is 5.62. The van der Waals surface area contributed by atoms with Gasteiger partial charge in [0, 0.05) is 10.9 Å². The number of ether oxygens (including phenoxy) is 1. The van der Waals surface area contributed by atoms with E-state index in [1.807, 2.05) is 37.3 Å². The van der Waals surface area contributed by atoms with Gasteiger partial charge >= 0.3 is 0 Å². The minimum absolute atomic E-state index is 0.213. The Morgan fingerprint density at radius 1 is 1.30 bits per heavy atom. The molecule has 0 radical (unpaired) electrons. The van der Waals surface area contributed by atoms with Crippen molar-refractivity contribution in [3.8, 4) is 16.3 Å². The zero-order valence-corrected chi connectivity index (χ0v) is 13.4. The van der Waals surface area contributed by atoms with E-state index in [4.69, 9.17) is 9.15 Å². The number of carbonyl (C=O) groups excluding carboxylic acids is 1. The number of amides is 1. The number of hydrogen-bond donors (Lipinski definition) is 1. The van der Waals surface area contributed by atoms with Crippen molar-refractivity contribution in [3.63, 3.8) is 0 Å². The van der Waals surface area contributed by atoms with E-state index in [0.29, 0.717) is 24.6 Å². The van der Waals surface area contributed by atoms with Gasteiger partial charge in [-0.1, -0.05) is 0 Å². The van der Waals surface area contributed by atoms with Crippen LogP contribution in [0.5, 0.6) is 5.75 Å². The topological polar surface area (TPSA) is 64.4 Å². The Labute approximate surface area is 137 Å². The first-order chi connectivity index (χ1) is 11.3. The van der Waals surface area contributed by atoms with Gasteiger partial charge in [-0.05, 0) is 43.3 Å². The molecule has 0 bridgehead atoms. The van der Waals surface area contributed by atoms with Crippen LogP contribution in [0.3, 0.4) is 0 Å². The van der Waals surface area contributed by atoms with E-state index in [-0.39, 0.29) is 5.91 Å². The summed E-state index contributed by atoms with van der Waals surface area (Å²) in [5, 5.41) is 5.34. The fourth-order valence-electron chi connectivity index (χ4n) is 2.04. The quantitative estimate of drug-likeness (QED) is 0.749. The zero-order valence-electron chi connectivity index (χ0n) is 12.6. The fourth-order valence-corrected chi connectivity index (χ4v) is 2.85. The number of benzene rings is 1. The van der Waals surface area contributed by atoms with Crippen molar-refractivity contribution in [3.05, 3.63) is 59.5 Å². The van der Waals surface area contributed by atoms with E-state index in [9.17, 15) is 4.79 Å². The van der Waals surface area contributed by atoms with Crippen molar-refractivity contribution < 1.29 is 13.9 Å². The monoisotopic (exact) mass is 328 g/mol. The first-order valence-corrected chi connectivity index (χ1v) is 8.13. The van der Waals surface area contributed by atoms with E-state index in [2.05, 4.69) is 10.3 Å². The molecule has 0 fully saturated rings. The average molecular weight is 328 g/mol. The average Bonchev–Trinajstić information content (AvgIpc) is 3.25. The molecular weight excluding hydrogens is 312 g/mol. The Kier molecular flexibility index (Phi) is 4.73. The molecule has 2 heterocycles. The Bertz CT molecular complexity index is 764. The van der Waals surface area contributed by atoms with Crippen LogP contribution in [-0.2, 0) is 6.54 Å². The highest BCUT2D eigenvalue weighted by molar-refractivity contribution is 7.13. The van der Waals surface area contributed by atoms with Gasteiger partial charge in [-0.3, -0.25) is 4.79 Å². The van der Waals surface area contributed by atoms with E-state index in [0.717, 1.165) is 16.3 Å². The van der Waals surface area contributed by atoms with E-state index < -0.39 is 0 Å². The number of nitrogens with one attached hydrogen (secondary N) is 1. The Hall–Kier alpha value is -2.60. The Morgan fingerprint density at radius 3 is 2.83 bits per heavy atom. The first kappa shape index (κ1) is 15.3. The van der Waals surface area contributed by atoms with E-state index in [1.165, 1.54) is 11.3 Å². The fraction of sp³-hybridized carbons (Fsp3) is 0.176. The third-order valence-electron chi connectivity index (χ3n) is 3.15. The first-order valence-electron chi connectivity index (χ1n) is 7.25. The molecule has 6 heteroatoms. The molecule has 0 saturated heterocycles. The normalized spacial score (nSPS) is 10.5. The van der Waals surface area contributed by atoms with Gasteiger partial charge in [0.05, 0.1) is 19.4 Å². The minimum atomic E-state index is -0.213. The molecule has 3 aromatic rings. The molecule has 2 aromatic heterocycles. The lowest BCUT2D eigenvalue weighted by molar-refractivity contribution is 0.0944. The maximum Gasteiger partial charge on any atom is 0.271 e. The van der Waals surface area contributed by atoms with Gasteiger partial charge in [-0.25, -0.2) is 4.98 Å². The maximum absolute atomic E-state index is 12.1. The molecule has 23 heavy (non-hydrogen) atoms. The lowest BCUT2D eigenvalue weighted by Crippen LogP contribution is -2.22. The highest BCUT2D eigenvalue weighted by Gasteiger charge is 2.12. The van der Waals surface area contributed by atoms with Crippen molar-refractivity contribution in [2.45, 2.75) is 13.5 Å². The van der Waals surface area contributed by atoms with Crippen molar-refractivity contribution in [2.24, 2.45) is 0 Å². The lowest BCUT2D eigenvalue weighted by atomic mass is 10.2. The van der Waals surface area contributed by atoms with Crippen molar-refractivity contribution in [1.29, 1.82) is 0 Å². The van der Waals surface area contributed by atoms with Crippen molar-refractivity contribution in [2.75, 3.05) is 6.61 Å². The predicted molar refractivity (Wildman–Crippen MR) is 88.6 cm³/mol. The van der Waals surface area contributed by atoms with Gasteiger partial charge in [-0.2, -0.15) is 0 Å². The molecule has 0 saturated carbocycles. The van der Waals surface area contributed by atoms with Crippen LogP contribution in [0.25, 0.3) is 10.6 Å². The standard InChI is InChI=1S/C17H16N2O3S/c1-2-21-13-7-5-12(6-8-13)17-19-15(11-23-17)16(20)18-10-14-4-3-9-22-14/h3-9,11H,2,10H2,1H3,(H,18,20). The predicted octanol–water partition coefficient (Wildman–Crippen LogP) is 3.73. The SMILES string of the molecule is CCOc1ccc(-c2nc(C(=O)NCc3ccco3)cs2)cc1. The summed E-state index contributed by atoms with van der Waals surface area (Å²) < 4.78 is 10.6. The van der Waals surface area contributed by atoms with Crippen LogP contribution in [0.15, 0.2) is 52.5 Å². The van der Waals surface area contributed by atoms with Crippen molar-refractivity contribution >= 4 is 17.2 Å². The Morgan fingerprint density at radius 2 is 2.13 bits per heavy atom. The molecular formula is C17H16N2O3S. The summed E-state index contributed by atoms with van der Waals surface area (Å²) in [4.78, 5) is 16.5. The third-order valence-corrected chi connectivity index (χ3v) is 4.04. The van der Waals surface area contributed by atoms with Gasteiger partial charge in [-0.15, -0.1) is 11.3 Å². The highest BCUT2D eigenvalue weighted by Crippen LogP contribution is 2.25. The number of thiazole rings is 1. The summed E-state index contributed by atoms with van der Waals surface area (Å²) in [6.45, 7) is 2.93. The molecule has 5 nitrogen and oxygen atoms in total. The summed E-state index contributed by atoms with van der Waals surface area (Å²) in [6, 6.07) is 11.3. The molecule has 0 atom stereocenters. The molecule has 0 aliphatic heterocycles. The van der Waals surface area contributed by atoms with Crippen molar-refractivity contribution in [1.82, 2.24) is 10.3 Å². The summed E-state index contributed by atoms with van der Waals surface area (Å²) in [5.74, 6) is 1.32. The highest BCUT2D eigenvalue weighted by atomic mass is 32.1. The van der Waals surface area contributed by atoms with E-state index in [1.54, 1.807) is 17.7 Å². The number of aromatic nitrogens is 1. The van der Waals surface area contributed by atoms with Crippen LogP contribution < -0.4 is 10.1 Å². The number of rotatable bonds is 6. The van der Waals surface area contributed by atoms with Crippen LogP contribution in [0.1, 0.15) is 23.2 Å². The van der Waals surface area contributed by atoms with Gasteiger partial charge in [0.2, 0.25) is 0 Å². The molecule has 0 spiro atoms. The third kappa shape index (κ3) is 3.78. The largest absolute Gasteiger partial charge is 0.494 e. The van der Waals surface area contributed by atoms with Crippen LogP contribution in [0, 0.1) is 0 Å². The molecule has 1 amide bonds. The minimum Gasteiger partial charge on any atom is -0.494 e.